The lowest BCUT2D eigenvalue weighted by Crippen LogP contribution is -2.70. The highest BCUT2D eigenvalue weighted by Crippen LogP contribution is 2.40. The molecule has 2 aliphatic heterocycles. The number of nitrogens with zero attached hydrogens (tertiary/aromatic N) is 1. The summed E-state index contributed by atoms with van der Waals surface area (Å²) in [6.45, 7) is -1.13. The minimum atomic E-state index is -1.31. The Balaban J connectivity index is 1.68. The molecule has 3 heterocycles. The number of hydrogen-bond donors (Lipinski definition) is 3. The summed E-state index contributed by atoms with van der Waals surface area (Å²) in [5, 5.41) is 22.1. The third kappa shape index (κ3) is 3.99. The fraction of sp³-hybridized carbons (Fsp3) is 0.375. The summed E-state index contributed by atoms with van der Waals surface area (Å²) in [5.74, 6) is -2.79. The van der Waals surface area contributed by atoms with Crippen LogP contribution in [0.5, 0.6) is 0 Å². The lowest BCUT2D eigenvalue weighted by Gasteiger charge is -2.49. The highest BCUT2D eigenvalue weighted by Gasteiger charge is 2.54. The number of carbonyl (C=O) groups excluding carboxylic acids is 3. The molecule has 1 aromatic rings. The van der Waals surface area contributed by atoms with Crippen molar-refractivity contribution in [3.05, 3.63) is 33.7 Å². The molecule has 0 aliphatic carbocycles. The van der Waals surface area contributed by atoms with Gasteiger partial charge in [0.25, 0.3) is 5.91 Å². The molecule has 1 fully saturated rings. The number of hydrogen-bond acceptors (Lipinski definition) is 8. The van der Waals surface area contributed by atoms with Gasteiger partial charge in [-0.15, -0.1) is 23.1 Å². The summed E-state index contributed by atoms with van der Waals surface area (Å²) >= 11 is 2.72. The van der Waals surface area contributed by atoms with Crippen molar-refractivity contribution in [3.8, 4) is 0 Å². The first-order chi connectivity index (χ1) is 12.9. The van der Waals surface area contributed by atoms with Gasteiger partial charge < -0.3 is 20.3 Å². The maximum absolute atomic E-state index is 12.4. The fourth-order valence-corrected chi connectivity index (χ4v) is 4.83. The molecular weight excluding hydrogens is 396 g/mol. The number of aliphatic carboxylic acids is 1. The van der Waals surface area contributed by atoms with Crippen LogP contribution >= 0.6 is 23.1 Å². The molecule has 11 heteroatoms. The van der Waals surface area contributed by atoms with E-state index in [1.54, 1.807) is 0 Å². The smallest absolute Gasteiger partial charge is 0.352 e. The van der Waals surface area contributed by atoms with E-state index in [1.807, 2.05) is 17.5 Å². The Hall–Kier alpha value is -2.37. The summed E-state index contributed by atoms with van der Waals surface area (Å²) in [4.78, 5) is 49.2. The van der Waals surface area contributed by atoms with Crippen molar-refractivity contribution in [2.75, 3.05) is 19.0 Å². The zero-order valence-corrected chi connectivity index (χ0v) is 15.5. The maximum atomic E-state index is 12.4. The standard InChI is InChI=1S/C16H16N2O7S2/c19-5-11(21)25-6-8-7-27-15-12(14(22)18(15)13(8)16(23)24)17-10(20)4-9-2-1-3-26-9/h1-3,12,15,19H,4-7H2,(H,17,20)(H,23,24)/t12-,15-/m1/s1. The van der Waals surface area contributed by atoms with Gasteiger partial charge in [0.2, 0.25) is 5.91 Å². The number of fused-ring (bicyclic) bond motifs is 1. The number of β-lactam (4-membered cyclic amide) rings is 1. The van der Waals surface area contributed by atoms with Crippen molar-refractivity contribution in [2.24, 2.45) is 0 Å². The number of thioether (sulfide) groups is 1. The van der Waals surface area contributed by atoms with Crippen LogP contribution < -0.4 is 5.32 Å². The number of carboxylic acids is 1. The number of amides is 2. The zero-order chi connectivity index (χ0) is 19.6. The first-order valence-corrected chi connectivity index (χ1v) is 9.83. The summed E-state index contributed by atoms with van der Waals surface area (Å²) in [6, 6.07) is 2.85. The lowest BCUT2D eigenvalue weighted by molar-refractivity contribution is -0.151. The number of thiophene rings is 1. The normalized spacial score (nSPS) is 21.4. The molecule has 0 saturated carbocycles. The van der Waals surface area contributed by atoms with Gasteiger partial charge in [-0.3, -0.25) is 14.5 Å². The van der Waals surface area contributed by atoms with Crippen LogP contribution in [0.1, 0.15) is 4.88 Å². The minimum Gasteiger partial charge on any atom is -0.477 e. The molecule has 0 radical (unpaired) electrons. The third-order valence-electron chi connectivity index (χ3n) is 4.02. The van der Waals surface area contributed by atoms with Gasteiger partial charge in [-0.1, -0.05) is 6.07 Å². The molecule has 0 unspecified atom stereocenters. The van der Waals surface area contributed by atoms with Crippen LogP contribution in [-0.2, 0) is 30.3 Å². The SMILES string of the molecule is O=C(Cc1cccs1)N[C@@H]1C(=O)N2C(C(=O)O)=C(COC(=O)CO)CS[C@H]12. The fourth-order valence-electron chi connectivity index (χ4n) is 2.80. The number of aliphatic hydroxyl groups is 1. The molecule has 1 aromatic heterocycles. The molecule has 2 atom stereocenters. The molecule has 0 spiro atoms. The van der Waals surface area contributed by atoms with Crippen LogP contribution in [0.15, 0.2) is 28.8 Å². The van der Waals surface area contributed by atoms with E-state index in [4.69, 9.17) is 9.84 Å². The van der Waals surface area contributed by atoms with Gasteiger partial charge in [-0.05, 0) is 11.4 Å². The molecule has 2 amide bonds. The summed E-state index contributed by atoms with van der Waals surface area (Å²) in [6.07, 6.45) is 0.156. The van der Waals surface area contributed by atoms with Crippen LogP contribution in [0.3, 0.4) is 0 Å². The predicted molar refractivity (Wildman–Crippen MR) is 95.8 cm³/mol. The van der Waals surface area contributed by atoms with Crippen LogP contribution in [0, 0.1) is 0 Å². The average molecular weight is 412 g/mol. The van der Waals surface area contributed by atoms with E-state index >= 15 is 0 Å². The second-order valence-electron chi connectivity index (χ2n) is 5.79. The summed E-state index contributed by atoms with van der Waals surface area (Å²) < 4.78 is 4.77. The number of nitrogens with one attached hydrogen (secondary N) is 1. The lowest BCUT2D eigenvalue weighted by atomic mass is 10.0. The maximum Gasteiger partial charge on any atom is 0.352 e. The van der Waals surface area contributed by atoms with E-state index in [0.717, 1.165) is 9.78 Å². The van der Waals surface area contributed by atoms with Gasteiger partial charge in [0.1, 0.15) is 30.3 Å². The van der Waals surface area contributed by atoms with Crippen molar-refractivity contribution in [1.29, 1.82) is 0 Å². The van der Waals surface area contributed by atoms with Crippen molar-refractivity contribution < 1.29 is 34.1 Å². The molecule has 0 aromatic carbocycles. The van der Waals surface area contributed by atoms with E-state index in [1.165, 1.54) is 23.1 Å². The topological polar surface area (TPSA) is 133 Å². The Morgan fingerprint density at radius 3 is 2.78 bits per heavy atom. The van der Waals surface area contributed by atoms with Crippen molar-refractivity contribution in [1.82, 2.24) is 10.2 Å². The monoisotopic (exact) mass is 412 g/mol. The van der Waals surface area contributed by atoms with E-state index in [2.05, 4.69) is 5.32 Å². The van der Waals surface area contributed by atoms with Gasteiger partial charge in [0, 0.05) is 16.2 Å². The van der Waals surface area contributed by atoms with E-state index in [-0.39, 0.29) is 36.0 Å². The van der Waals surface area contributed by atoms with Gasteiger partial charge >= 0.3 is 11.9 Å². The zero-order valence-electron chi connectivity index (χ0n) is 13.9. The van der Waals surface area contributed by atoms with E-state index in [0.29, 0.717) is 0 Å². The highest BCUT2D eigenvalue weighted by atomic mass is 32.2. The Labute approximate surface area is 162 Å². The number of rotatable bonds is 7. The van der Waals surface area contributed by atoms with Gasteiger partial charge in [0.05, 0.1) is 6.42 Å². The molecule has 144 valence electrons. The van der Waals surface area contributed by atoms with Crippen LogP contribution in [0.25, 0.3) is 0 Å². The van der Waals surface area contributed by atoms with Crippen molar-refractivity contribution in [3.63, 3.8) is 0 Å². The van der Waals surface area contributed by atoms with Crippen LogP contribution in [0.2, 0.25) is 0 Å². The Morgan fingerprint density at radius 2 is 2.15 bits per heavy atom. The number of carbonyl (C=O) groups is 4. The van der Waals surface area contributed by atoms with Crippen LogP contribution in [-0.4, -0.2) is 69.2 Å². The second-order valence-corrected chi connectivity index (χ2v) is 7.92. The first-order valence-electron chi connectivity index (χ1n) is 7.90. The molecule has 9 nitrogen and oxygen atoms in total. The average Bonchev–Trinajstić information content (AvgIpc) is 3.15. The predicted octanol–water partition coefficient (Wildman–Crippen LogP) is -0.435. The van der Waals surface area contributed by atoms with Gasteiger partial charge in [-0.2, -0.15) is 0 Å². The minimum absolute atomic E-state index is 0.156. The van der Waals surface area contributed by atoms with E-state index < -0.39 is 35.9 Å². The summed E-state index contributed by atoms with van der Waals surface area (Å²) in [7, 11) is 0. The molecule has 3 rings (SSSR count). The van der Waals surface area contributed by atoms with Gasteiger partial charge in [-0.25, -0.2) is 9.59 Å². The number of carboxylic acid groups (broad SMARTS) is 1. The second kappa shape index (κ2) is 8.11. The Morgan fingerprint density at radius 1 is 1.37 bits per heavy atom. The first kappa shape index (κ1) is 19.4. The summed E-state index contributed by atoms with van der Waals surface area (Å²) in [5.41, 5.74) is 0.0282. The number of esters is 1. The Kier molecular flexibility index (Phi) is 5.82. The molecular formula is C16H16N2O7S2. The highest BCUT2D eigenvalue weighted by molar-refractivity contribution is 8.00. The quantitative estimate of drug-likeness (QED) is 0.406. The number of aliphatic hydroxyl groups excluding tert-OH is 1. The van der Waals surface area contributed by atoms with E-state index in [9.17, 15) is 24.3 Å². The third-order valence-corrected chi connectivity index (χ3v) is 6.23. The Bertz CT molecular complexity index is 806. The number of ether oxygens (including phenoxy) is 1. The van der Waals surface area contributed by atoms with Crippen LogP contribution in [0.4, 0.5) is 0 Å². The van der Waals surface area contributed by atoms with Gasteiger partial charge in [0.15, 0.2) is 0 Å². The molecule has 0 bridgehead atoms. The van der Waals surface area contributed by atoms with Crippen molar-refractivity contribution >= 4 is 46.9 Å². The van der Waals surface area contributed by atoms with Crippen molar-refractivity contribution in [2.45, 2.75) is 17.8 Å². The molecule has 3 N–H and O–H groups in total. The molecule has 2 aliphatic rings. The largest absolute Gasteiger partial charge is 0.477 e. The molecule has 27 heavy (non-hydrogen) atoms. The molecule has 1 saturated heterocycles.